The minimum Gasteiger partial charge on any atom is -0.256 e. The molecule has 1 aromatic rings. The first-order valence-corrected chi connectivity index (χ1v) is 4.01. The van der Waals surface area contributed by atoms with Crippen molar-refractivity contribution in [2.75, 3.05) is 0 Å². The Morgan fingerprint density at radius 3 is 3.00 bits per heavy atom. The number of fused-ring (bicyclic) bond motifs is 2. The lowest BCUT2D eigenvalue weighted by Gasteiger charge is -1.88. The zero-order valence-electron chi connectivity index (χ0n) is 6.49. The zero-order valence-corrected chi connectivity index (χ0v) is 6.49. The summed E-state index contributed by atoms with van der Waals surface area (Å²) in [6, 6.07) is 8.35. The molecule has 0 aromatic heterocycles. The fraction of sp³-hybridized carbons (Fsp3) is 0. The van der Waals surface area contributed by atoms with Gasteiger partial charge in [-0.25, -0.2) is 0 Å². The van der Waals surface area contributed by atoms with Crippen LogP contribution in [0.3, 0.4) is 0 Å². The van der Waals surface area contributed by atoms with Gasteiger partial charge in [-0.15, -0.1) is 0 Å². The summed E-state index contributed by atoms with van der Waals surface area (Å²) < 4.78 is 0. The summed E-state index contributed by atoms with van der Waals surface area (Å²) in [5.74, 6) is 0. The van der Waals surface area contributed by atoms with E-state index in [1.807, 2.05) is 6.21 Å². The highest BCUT2D eigenvalue weighted by atomic mass is 14.8. The first-order chi connectivity index (χ1) is 5.95. The van der Waals surface area contributed by atoms with Crippen LogP contribution in [0, 0.1) is 0 Å². The van der Waals surface area contributed by atoms with Gasteiger partial charge in [0.25, 0.3) is 0 Å². The summed E-state index contributed by atoms with van der Waals surface area (Å²) in [5.41, 5.74) is 2.38. The highest BCUT2D eigenvalue weighted by Crippen LogP contribution is 2.18. The molecular weight excluding hydrogens is 146 g/mol. The van der Waals surface area contributed by atoms with E-state index in [0.717, 1.165) is 5.70 Å². The molecule has 0 saturated heterocycles. The zero-order chi connectivity index (χ0) is 7.97. The van der Waals surface area contributed by atoms with E-state index in [2.05, 4.69) is 41.4 Å². The smallest absolute Gasteiger partial charge is 0.0781 e. The second kappa shape index (κ2) is 1.95. The predicted molar refractivity (Wildman–Crippen MR) is 50.1 cm³/mol. The maximum Gasteiger partial charge on any atom is 0.0781 e. The van der Waals surface area contributed by atoms with Crippen LogP contribution in [0.1, 0.15) is 0 Å². The van der Waals surface area contributed by atoms with Crippen LogP contribution in [-0.4, -0.2) is 6.21 Å². The highest BCUT2D eigenvalue weighted by Gasteiger charge is 2.11. The van der Waals surface area contributed by atoms with Crippen molar-refractivity contribution in [2.24, 2.45) is 4.99 Å². The second-order valence-corrected chi connectivity index (χ2v) is 2.98. The van der Waals surface area contributed by atoms with Gasteiger partial charge in [0.2, 0.25) is 0 Å². The van der Waals surface area contributed by atoms with Gasteiger partial charge in [0.05, 0.1) is 5.70 Å². The summed E-state index contributed by atoms with van der Waals surface area (Å²) in [7, 11) is 0. The average molecular weight is 153 g/mol. The van der Waals surface area contributed by atoms with Crippen molar-refractivity contribution < 1.29 is 0 Å². The molecule has 12 heavy (non-hydrogen) atoms. The molecule has 1 nitrogen and oxygen atoms in total. The SMILES string of the molecule is C1=NC2=c3ccccc3=CC2=C1. The van der Waals surface area contributed by atoms with Gasteiger partial charge in [-0.05, 0) is 17.4 Å². The van der Waals surface area contributed by atoms with Gasteiger partial charge in [-0.3, -0.25) is 4.99 Å². The van der Waals surface area contributed by atoms with Gasteiger partial charge < -0.3 is 0 Å². The Balaban J connectivity index is 2.59. The van der Waals surface area contributed by atoms with E-state index in [1.54, 1.807) is 0 Å². The standard InChI is InChI=1S/C11H7N/c1-2-4-10-8(3-1)7-9-5-6-12-11(9)10/h1-7H. The van der Waals surface area contributed by atoms with Crippen molar-refractivity contribution in [3.8, 4) is 0 Å². The van der Waals surface area contributed by atoms with Gasteiger partial charge in [-0.1, -0.05) is 24.3 Å². The molecule has 1 aliphatic carbocycles. The number of allylic oxidation sites excluding steroid dienone is 1. The first-order valence-electron chi connectivity index (χ1n) is 4.01. The molecule has 1 heteroatoms. The molecule has 1 aromatic carbocycles. The van der Waals surface area contributed by atoms with Crippen molar-refractivity contribution in [1.82, 2.24) is 0 Å². The third-order valence-corrected chi connectivity index (χ3v) is 2.26. The van der Waals surface area contributed by atoms with Crippen LogP contribution in [0.2, 0.25) is 0 Å². The van der Waals surface area contributed by atoms with E-state index in [4.69, 9.17) is 0 Å². The van der Waals surface area contributed by atoms with Crippen molar-refractivity contribution in [3.05, 3.63) is 46.4 Å². The Bertz CT molecular complexity index is 518. The van der Waals surface area contributed by atoms with E-state index < -0.39 is 0 Å². The minimum absolute atomic E-state index is 1.13. The van der Waals surface area contributed by atoms with Crippen LogP contribution in [0.15, 0.2) is 40.9 Å². The molecular formula is C11H7N. The molecule has 1 heterocycles. The summed E-state index contributed by atoms with van der Waals surface area (Å²) in [4.78, 5) is 4.31. The Labute approximate surface area is 70.1 Å². The van der Waals surface area contributed by atoms with Crippen LogP contribution >= 0.6 is 0 Å². The summed E-state index contributed by atoms with van der Waals surface area (Å²) in [5, 5.41) is 2.55. The van der Waals surface area contributed by atoms with Crippen molar-refractivity contribution in [2.45, 2.75) is 0 Å². The molecule has 3 rings (SSSR count). The Kier molecular flexibility index (Phi) is 0.965. The third-order valence-electron chi connectivity index (χ3n) is 2.26. The number of hydrogen-bond acceptors (Lipinski definition) is 1. The number of benzene rings is 1. The largest absolute Gasteiger partial charge is 0.256 e. The minimum atomic E-state index is 1.13. The summed E-state index contributed by atoms with van der Waals surface area (Å²) in [6.07, 6.45) is 6.09. The molecule has 0 N–H and O–H groups in total. The Morgan fingerprint density at radius 2 is 2.00 bits per heavy atom. The van der Waals surface area contributed by atoms with Gasteiger partial charge >= 0.3 is 0 Å². The van der Waals surface area contributed by atoms with Crippen LogP contribution < -0.4 is 10.4 Å². The molecule has 0 atom stereocenters. The Hall–Kier alpha value is -1.63. The first kappa shape index (κ1) is 5.95. The maximum absolute atomic E-state index is 4.31. The summed E-state index contributed by atoms with van der Waals surface area (Å²) >= 11 is 0. The number of aliphatic imine (C=N–C) groups is 1. The van der Waals surface area contributed by atoms with Crippen LogP contribution in [0.4, 0.5) is 0 Å². The summed E-state index contributed by atoms with van der Waals surface area (Å²) in [6.45, 7) is 0. The predicted octanol–water partition coefficient (Wildman–Crippen LogP) is 0.600. The quantitative estimate of drug-likeness (QED) is 0.517. The molecule has 0 amide bonds. The molecule has 0 bridgehead atoms. The van der Waals surface area contributed by atoms with Crippen LogP contribution in [-0.2, 0) is 0 Å². The average Bonchev–Trinajstić information content (AvgIpc) is 2.62. The van der Waals surface area contributed by atoms with Gasteiger partial charge in [0, 0.05) is 17.0 Å². The fourth-order valence-corrected chi connectivity index (χ4v) is 1.69. The van der Waals surface area contributed by atoms with E-state index in [1.165, 1.54) is 16.0 Å². The molecule has 56 valence electrons. The highest BCUT2D eigenvalue weighted by molar-refractivity contribution is 5.97. The van der Waals surface area contributed by atoms with E-state index >= 15 is 0 Å². The topological polar surface area (TPSA) is 12.4 Å². The molecule has 2 aliphatic rings. The number of hydrogen-bond donors (Lipinski definition) is 0. The van der Waals surface area contributed by atoms with Gasteiger partial charge in [-0.2, -0.15) is 0 Å². The normalized spacial score (nSPS) is 17.0. The lowest BCUT2D eigenvalue weighted by Crippen LogP contribution is -2.21. The number of rotatable bonds is 0. The van der Waals surface area contributed by atoms with Crippen molar-refractivity contribution in [1.29, 1.82) is 0 Å². The molecule has 0 unspecified atom stereocenters. The lowest BCUT2D eigenvalue weighted by atomic mass is 10.2. The van der Waals surface area contributed by atoms with Gasteiger partial charge in [0.1, 0.15) is 0 Å². The molecule has 0 saturated carbocycles. The van der Waals surface area contributed by atoms with E-state index in [-0.39, 0.29) is 0 Å². The molecule has 0 radical (unpaired) electrons. The molecule has 0 fully saturated rings. The monoisotopic (exact) mass is 153 g/mol. The van der Waals surface area contributed by atoms with E-state index in [0.29, 0.717) is 0 Å². The second-order valence-electron chi connectivity index (χ2n) is 2.98. The van der Waals surface area contributed by atoms with Gasteiger partial charge in [0.15, 0.2) is 0 Å². The fourth-order valence-electron chi connectivity index (χ4n) is 1.69. The van der Waals surface area contributed by atoms with E-state index in [9.17, 15) is 0 Å². The maximum atomic E-state index is 4.31. The van der Waals surface area contributed by atoms with Crippen molar-refractivity contribution >= 4 is 18.0 Å². The third kappa shape index (κ3) is 0.607. The molecule has 0 spiro atoms. The Morgan fingerprint density at radius 1 is 1.08 bits per heavy atom. The number of nitrogens with zero attached hydrogens (tertiary/aromatic N) is 1. The lowest BCUT2D eigenvalue weighted by molar-refractivity contribution is 1.49. The van der Waals surface area contributed by atoms with Crippen LogP contribution in [0.5, 0.6) is 0 Å². The van der Waals surface area contributed by atoms with Crippen LogP contribution in [0.25, 0.3) is 11.8 Å². The van der Waals surface area contributed by atoms with Crippen molar-refractivity contribution in [3.63, 3.8) is 0 Å². The molecule has 1 aliphatic heterocycles.